The zero-order chi connectivity index (χ0) is 17.2. The molecule has 0 aliphatic carbocycles. The standard InChI is InChI=1S/C16H14N6OS2/c1-3-10-8-11-14(24-10)17-9-18-15(11)25-16-19-20-21-22(16)12-6-4-5-7-13(12)23-2/h4-9H,3H2,1-2H3. The normalized spacial score (nSPS) is 11.1. The maximum absolute atomic E-state index is 5.41. The topological polar surface area (TPSA) is 78.6 Å². The van der Waals surface area contributed by atoms with Crippen LogP contribution in [0.25, 0.3) is 15.9 Å². The number of tetrazole rings is 1. The zero-order valence-electron chi connectivity index (χ0n) is 13.6. The smallest absolute Gasteiger partial charge is 0.220 e. The minimum atomic E-state index is 0.619. The van der Waals surface area contributed by atoms with Gasteiger partial charge in [-0.3, -0.25) is 0 Å². The van der Waals surface area contributed by atoms with E-state index in [1.165, 1.54) is 16.6 Å². The highest BCUT2D eigenvalue weighted by Gasteiger charge is 2.17. The number of aryl methyl sites for hydroxylation is 1. The van der Waals surface area contributed by atoms with E-state index < -0.39 is 0 Å². The molecule has 4 aromatic rings. The average Bonchev–Trinajstić information content (AvgIpc) is 3.28. The van der Waals surface area contributed by atoms with Crippen molar-refractivity contribution in [1.29, 1.82) is 0 Å². The van der Waals surface area contributed by atoms with Crippen molar-refractivity contribution in [3.63, 3.8) is 0 Å². The molecule has 1 aromatic carbocycles. The minimum Gasteiger partial charge on any atom is -0.494 e. The summed E-state index contributed by atoms with van der Waals surface area (Å²) >= 11 is 3.10. The number of aromatic nitrogens is 6. The highest BCUT2D eigenvalue weighted by Crippen LogP contribution is 2.35. The fourth-order valence-corrected chi connectivity index (χ4v) is 4.26. The van der Waals surface area contributed by atoms with Gasteiger partial charge in [0.15, 0.2) is 0 Å². The molecule has 0 unspecified atom stereocenters. The van der Waals surface area contributed by atoms with E-state index in [0.717, 1.165) is 27.4 Å². The third-order valence-electron chi connectivity index (χ3n) is 3.63. The lowest BCUT2D eigenvalue weighted by Crippen LogP contribution is -2.01. The molecule has 9 heteroatoms. The molecule has 25 heavy (non-hydrogen) atoms. The van der Waals surface area contributed by atoms with Crippen molar-refractivity contribution in [1.82, 2.24) is 30.2 Å². The second-order valence-electron chi connectivity index (χ2n) is 5.11. The van der Waals surface area contributed by atoms with E-state index in [0.29, 0.717) is 10.9 Å². The Kier molecular flexibility index (Phi) is 4.33. The molecule has 3 heterocycles. The Morgan fingerprint density at radius 2 is 2.12 bits per heavy atom. The Bertz CT molecular complexity index is 1030. The molecule has 0 saturated heterocycles. The van der Waals surface area contributed by atoms with Crippen LogP contribution in [0.5, 0.6) is 5.75 Å². The van der Waals surface area contributed by atoms with E-state index >= 15 is 0 Å². The molecule has 0 spiro atoms. The maximum Gasteiger partial charge on any atom is 0.220 e. The Hall–Kier alpha value is -2.52. The van der Waals surface area contributed by atoms with Crippen LogP contribution >= 0.6 is 23.1 Å². The molecular formula is C16H14N6OS2. The predicted molar refractivity (Wildman–Crippen MR) is 96.6 cm³/mol. The van der Waals surface area contributed by atoms with Crippen LogP contribution in [-0.4, -0.2) is 37.3 Å². The summed E-state index contributed by atoms with van der Waals surface area (Å²) in [6.45, 7) is 2.13. The second-order valence-corrected chi connectivity index (χ2v) is 7.18. The van der Waals surface area contributed by atoms with E-state index in [2.05, 4.69) is 38.5 Å². The highest BCUT2D eigenvalue weighted by atomic mass is 32.2. The van der Waals surface area contributed by atoms with Crippen molar-refractivity contribution in [3.05, 3.63) is 41.5 Å². The van der Waals surface area contributed by atoms with Gasteiger partial charge in [0.2, 0.25) is 5.16 Å². The number of rotatable bonds is 5. The third kappa shape index (κ3) is 2.96. The molecule has 0 radical (unpaired) electrons. The first kappa shape index (κ1) is 16.0. The van der Waals surface area contributed by atoms with Crippen molar-refractivity contribution in [2.24, 2.45) is 0 Å². The summed E-state index contributed by atoms with van der Waals surface area (Å²) in [6.07, 6.45) is 2.56. The molecule has 0 amide bonds. The van der Waals surface area contributed by atoms with Crippen molar-refractivity contribution in [3.8, 4) is 11.4 Å². The lowest BCUT2D eigenvalue weighted by atomic mass is 10.3. The van der Waals surface area contributed by atoms with Crippen LogP contribution in [-0.2, 0) is 6.42 Å². The first-order valence-electron chi connectivity index (χ1n) is 7.63. The molecule has 0 saturated carbocycles. The van der Waals surface area contributed by atoms with Gasteiger partial charge in [0.25, 0.3) is 0 Å². The number of hydrogen-bond acceptors (Lipinski definition) is 8. The van der Waals surface area contributed by atoms with Gasteiger partial charge in [-0.05, 0) is 46.8 Å². The van der Waals surface area contributed by atoms with Gasteiger partial charge in [-0.15, -0.1) is 16.4 Å². The van der Waals surface area contributed by atoms with Crippen LogP contribution in [0.15, 0.2) is 46.8 Å². The largest absolute Gasteiger partial charge is 0.494 e. The van der Waals surface area contributed by atoms with Crippen LogP contribution in [0.4, 0.5) is 0 Å². The Balaban J connectivity index is 1.76. The van der Waals surface area contributed by atoms with Gasteiger partial charge in [-0.1, -0.05) is 19.1 Å². The van der Waals surface area contributed by atoms with Crippen LogP contribution in [0.3, 0.4) is 0 Å². The number of ether oxygens (including phenoxy) is 1. The van der Waals surface area contributed by atoms with Crippen molar-refractivity contribution < 1.29 is 4.74 Å². The number of fused-ring (bicyclic) bond motifs is 1. The number of nitrogens with zero attached hydrogens (tertiary/aromatic N) is 6. The molecule has 3 aromatic heterocycles. The van der Waals surface area contributed by atoms with Gasteiger partial charge in [0.1, 0.15) is 27.6 Å². The monoisotopic (exact) mass is 370 g/mol. The molecule has 0 aliphatic rings. The maximum atomic E-state index is 5.41. The van der Waals surface area contributed by atoms with E-state index in [4.69, 9.17) is 4.74 Å². The number of methoxy groups -OCH3 is 1. The molecule has 0 aliphatic heterocycles. The van der Waals surface area contributed by atoms with Gasteiger partial charge >= 0.3 is 0 Å². The summed E-state index contributed by atoms with van der Waals surface area (Å²) in [5.41, 5.74) is 0.780. The number of para-hydroxylation sites is 2. The van der Waals surface area contributed by atoms with Crippen LogP contribution in [0, 0.1) is 0 Å². The predicted octanol–water partition coefficient (Wildman–Crippen LogP) is 3.39. The number of benzene rings is 1. The van der Waals surface area contributed by atoms with Gasteiger partial charge in [-0.2, -0.15) is 4.68 Å². The van der Waals surface area contributed by atoms with Crippen LogP contribution < -0.4 is 4.74 Å². The Morgan fingerprint density at radius 1 is 1.24 bits per heavy atom. The molecular weight excluding hydrogens is 356 g/mol. The molecule has 126 valence electrons. The van der Waals surface area contributed by atoms with Crippen molar-refractivity contribution in [2.45, 2.75) is 23.5 Å². The lowest BCUT2D eigenvalue weighted by Gasteiger charge is -2.08. The summed E-state index contributed by atoms with van der Waals surface area (Å²) in [5, 5.41) is 14.6. The van der Waals surface area contributed by atoms with E-state index in [1.807, 2.05) is 24.3 Å². The van der Waals surface area contributed by atoms with Gasteiger partial charge in [0.05, 0.1) is 7.11 Å². The molecule has 4 rings (SSSR count). The fourth-order valence-electron chi connectivity index (χ4n) is 2.42. The summed E-state index contributed by atoms with van der Waals surface area (Å²) in [7, 11) is 1.63. The summed E-state index contributed by atoms with van der Waals surface area (Å²) in [6, 6.07) is 9.75. The van der Waals surface area contributed by atoms with E-state index in [1.54, 1.807) is 29.5 Å². The Labute approximate surface area is 152 Å². The number of thiophene rings is 1. The fraction of sp³-hybridized carbons (Fsp3) is 0.188. The van der Waals surface area contributed by atoms with Gasteiger partial charge in [0, 0.05) is 10.3 Å². The minimum absolute atomic E-state index is 0.619. The molecule has 0 fully saturated rings. The average molecular weight is 370 g/mol. The van der Waals surface area contributed by atoms with Crippen molar-refractivity contribution in [2.75, 3.05) is 7.11 Å². The van der Waals surface area contributed by atoms with Gasteiger partial charge < -0.3 is 4.74 Å². The second kappa shape index (κ2) is 6.77. The first-order valence-corrected chi connectivity index (χ1v) is 9.26. The van der Waals surface area contributed by atoms with Crippen LogP contribution in [0.2, 0.25) is 0 Å². The number of hydrogen-bond donors (Lipinski definition) is 0. The lowest BCUT2D eigenvalue weighted by molar-refractivity contribution is 0.410. The first-order chi connectivity index (χ1) is 12.3. The molecule has 7 nitrogen and oxygen atoms in total. The van der Waals surface area contributed by atoms with Crippen molar-refractivity contribution >= 4 is 33.3 Å². The SMILES string of the molecule is CCc1cc2c(Sc3nnnn3-c3ccccc3OC)ncnc2s1. The van der Waals surface area contributed by atoms with E-state index in [9.17, 15) is 0 Å². The molecule has 0 N–H and O–H groups in total. The van der Waals surface area contributed by atoms with Gasteiger partial charge in [-0.25, -0.2) is 9.97 Å². The summed E-state index contributed by atoms with van der Waals surface area (Å²) in [4.78, 5) is 11.0. The molecule has 0 bridgehead atoms. The quantitative estimate of drug-likeness (QED) is 0.498. The summed E-state index contributed by atoms with van der Waals surface area (Å²) < 4.78 is 7.07. The van der Waals surface area contributed by atoms with E-state index in [-0.39, 0.29) is 0 Å². The van der Waals surface area contributed by atoms with Crippen LogP contribution in [0.1, 0.15) is 11.8 Å². The Morgan fingerprint density at radius 3 is 2.96 bits per heavy atom. The highest BCUT2D eigenvalue weighted by molar-refractivity contribution is 7.99. The summed E-state index contributed by atoms with van der Waals surface area (Å²) in [5.74, 6) is 0.702. The third-order valence-corrected chi connectivity index (χ3v) is 5.78. The zero-order valence-corrected chi connectivity index (χ0v) is 15.2. The molecule has 0 atom stereocenters.